The van der Waals surface area contributed by atoms with Gasteiger partial charge in [0, 0.05) is 24.3 Å². The third kappa shape index (κ3) is 6.39. The van der Waals surface area contributed by atoms with E-state index in [1.807, 2.05) is 6.92 Å². The fourth-order valence-electron chi connectivity index (χ4n) is 3.72. The Morgan fingerprint density at radius 3 is 2.38 bits per heavy atom. The minimum absolute atomic E-state index is 0.00897. The molecule has 1 saturated heterocycles. The molecule has 2 heterocycles. The van der Waals surface area contributed by atoms with E-state index in [1.54, 1.807) is 18.3 Å². The van der Waals surface area contributed by atoms with Gasteiger partial charge in [-0.15, -0.1) is 0 Å². The van der Waals surface area contributed by atoms with Crippen LogP contribution < -0.4 is 10.6 Å². The largest absolute Gasteiger partial charge is 0.416 e. The van der Waals surface area contributed by atoms with E-state index in [0.717, 1.165) is 0 Å². The molecule has 1 aliphatic rings. The lowest BCUT2D eigenvalue weighted by atomic mass is 9.89. The SMILES string of the molecule is CC(OCC1(C)CCC(Nc2ncccc2C#N)CN1)c1cc(C(F)(F)F)cc(C(F)(F)F)c1. The van der Waals surface area contributed by atoms with Crippen molar-refractivity contribution in [1.82, 2.24) is 10.3 Å². The summed E-state index contributed by atoms with van der Waals surface area (Å²) in [5.74, 6) is 0.482. The number of hydrogen-bond donors (Lipinski definition) is 2. The van der Waals surface area contributed by atoms with Gasteiger partial charge in [0.15, 0.2) is 0 Å². The second kappa shape index (κ2) is 9.80. The third-order valence-electron chi connectivity index (χ3n) is 5.82. The van der Waals surface area contributed by atoms with Crippen LogP contribution in [0.1, 0.15) is 55.0 Å². The van der Waals surface area contributed by atoms with Crippen LogP contribution in [0, 0.1) is 11.3 Å². The third-order valence-corrected chi connectivity index (χ3v) is 5.82. The predicted molar refractivity (Wildman–Crippen MR) is 113 cm³/mol. The van der Waals surface area contributed by atoms with Gasteiger partial charge >= 0.3 is 12.4 Å². The summed E-state index contributed by atoms with van der Waals surface area (Å²) in [5.41, 5.74) is -3.03. The summed E-state index contributed by atoms with van der Waals surface area (Å²) in [5, 5.41) is 15.7. The number of nitrogens with zero attached hydrogens (tertiary/aromatic N) is 2. The zero-order chi connectivity index (χ0) is 25.1. The van der Waals surface area contributed by atoms with E-state index in [1.165, 1.54) is 6.92 Å². The number of benzene rings is 1. The Morgan fingerprint density at radius 2 is 1.85 bits per heavy atom. The van der Waals surface area contributed by atoms with Gasteiger partial charge in [-0.05, 0) is 62.6 Å². The molecular formula is C23H24F6N4O. The highest BCUT2D eigenvalue weighted by atomic mass is 19.4. The maximum absolute atomic E-state index is 13.1. The number of halogens is 6. The number of nitrogens with one attached hydrogen (secondary N) is 2. The van der Waals surface area contributed by atoms with E-state index in [4.69, 9.17) is 4.74 Å². The maximum Gasteiger partial charge on any atom is 0.416 e. The average Bonchev–Trinajstić information content (AvgIpc) is 2.78. The number of aromatic nitrogens is 1. The summed E-state index contributed by atoms with van der Waals surface area (Å²) < 4.78 is 84.5. The molecule has 0 bridgehead atoms. The Bertz CT molecular complexity index is 1010. The standard InChI is InChI=1S/C23H24F6N4O/c1-14(16-8-17(22(24,25)26)10-18(9-16)23(27,28)29)34-13-21(2)6-5-19(12-32-21)33-20-15(11-30)4-3-7-31-20/h3-4,7-10,14,19,32H,5-6,12-13H2,1-2H3,(H,31,33). The van der Waals surface area contributed by atoms with Crippen molar-refractivity contribution in [3.05, 3.63) is 58.8 Å². The number of rotatable bonds is 6. The summed E-state index contributed by atoms with van der Waals surface area (Å²) in [7, 11) is 0. The molecule has 0 amide bonds. The molecule has 2 N–H and O–H groups in total. The highest BCUT2D eigenvalue weighted by Crippen LogP contribution is 2.38. The van der Waals surface area contributed by atoms with Crippen LogP contribution in [0.4, 0.5) is 32.2 Å². The van der Waals surface area contributed by atoms with Crippen molar-refractivity contribution in [3.8, 4) is 6.07 Å². The topological polar surface area (TPSA) is 70.0 Å². The quantitative estimate of drug-likeness (QED) is 0.514. The van der Waals surface area contributed by atoms with E-state index < -0.39 is 35.1 Å². The van der Waals surface area contributed by atoms with Crippen molar-refractivity contribution in [2.75, 3.05) is 18.5 Å². The first kappa shape index (κ1) is 25.8. The Balaban J connectivity index is 1.63. The lowest BCUT2D eigenvalue weighted by Gasteiger charge is -2.39. The van der Waals surface area contributed by atoms with E-state index in [9.17, 15) is 31.6 Å². The molecule has 3 rings (SSSR count). The van der Waals surface area contributed by atoms with Crippen LogP contribution in [-0.2, 0) is 17.1 Å². The first-order chi connectivity index (χ1) is 15.8. The fourth-order valence-corrected chi connectivity index (χ4v) is 3.72. The minimum Gasteiger partial charge on any atom is -0.372 e. The lowest BCUT2D eigenvalue weighted by molar-refractivity contribution is -0.143. The van der Waals surface area contributed by atoms with Crippen LogP contribution in [0.15, 0.2) is 36.5 Å². The van der Waals surface area contributed by atoms with Gasteiger partial charge in [-0.25, -0.2) is 4.98 Å². The van der Waals surface area contributed by atoms with Gasteiger partial charge in [0.1, 0.15) is 11.9 Å². The van der Waals surface area contributed by atoms with Gasteiger partial charge in [0.25, 0.3) is 0 Å². The van der Waals surface area contributed by atoms with E-state index >= 15 is 0 Å². The maximum atomic E-state index is 13.1. The summed E-state index contributed by atoms with van der Waals surface area (Å²) >= 11 is 0. The van der Waals surface area contributed by atoms with E-state index in [0.29, 0.717) is 42.9 Å². The molecule has 0 spiro atoms. The summed E-state index contributed by atoms with van der Waals surface area (Å²) in [6, 6.07) is 6.87. The van der Waals surface area contributed by atoms with Crippen LogP contribution in [0.5, 0.6) is 0 Å². The van der Waals surface area contributed by atoms with Crippen LogP contribution in [0.3, 0.4) is 0 Å². The second-order valence-corrected chi connectivity index (χ2v) is 8.63. The smallest absolute Gasteiger partial charge is 0.372 e. The number of ether oxygens (including phenoxy) is 1. The Kier molecular flexibility index (Phi) is 7.43. The lowest BCUT2D eigenvalue weighted by Crippen LogP contribution is -2.55. The predicted octanol–water partition coefficient (Wildman–Crippen LogP) is 5.69. The highest BCUT2D eigenvalue weighted by molar-refractivity contribution is 5.51. The minimum atomic E-state index is -4.91. The molecule has 5 nitrogen and oxygen atoms in total. The number of pyridine rings is 1. The van der Waals surface area contributed by atoms with Crippen molar-refractivity contribution in [2.24, 2.45) is 0 Å². The Labute approximate surface area is 193 Å². The molecule has 3 unspecified atom stereocenters. The molecule has 2 aromatic rings. The molecule has 11 heteroatoms. The van der Waals surface area contributed by atoms with E-state index in [-0.39, 0.29) is 24.3 Å². The Hall–Kier alpha value is -2.84. The molecule has 0 aliphatic carbocycles. The molecule has 3 atom stereocenters. The molecular weight excluding hydrogens is 462 g/mol. The number of anilines is 1. The molecule has 184 valence electrons. The second-order valence-electron chi connectivity index (χ2n) is 8.63. The molecule has 1 aliphatic heterocycles. The first-order valence-electron chi connectivity index (χ1n) is 10.6. The van der Waals surface area contributed by atoms with Crippen LogP contribution in [-0.4, -0.2) is 29.7 Å². The Morgan fingerprint density at radius 1 is 1.21 bits per heavy atom. The van der Waals surface area contributed by atoms with Crippen LogP contribution in [0.25, 0.3) is 0 Å². The van der Waals surface area contributed by atoms with Gasteiger partial charge in [0.2, 0.25) is 0 Å². The zero-order valence-corrected chi connectivity index (χ0v) is 18.5. The van der Waals surface area contributed by atoms with Gasteiger partial charge in [0.05, 0.1) is 29.4 Å². The van der Waals surface area contributed by atoms with Crippen LogP contribution >= 0.6 is 0 Å². The van der Waals surface area contributed by atoms with Gasteiger partial charge in [-0.1, -0.05) is 0 Å². The van der Waals surface area contributed by atoms with Crippen LogP contribution in [0.2, 0.25) is 0 Å². The van der Waals surface area contributed by atoms with Crippen molar-refractivity contribution in [3.63, 3.8) is 0 Å². The van der Waals surface area contributed by atoms with Crippen molar-refractivity contribution in [2.45, 2.75) is 56.7 Å². The highest BCUT2D eigenvalue weighted by Gasteiger charge is 2.38. The van der Waals surface area contributed by atoms with E-state index in [2.05, 4.69) is 21.7 Å². The van der Waals surface area contributed by atoms with Gasteiger partial charge in [-0.3, -0.25) is 0 Å². The normalized spacial score (nSPS) is 22.1. The summed E-state index contributed by atoms with van der Waals surface area (Å²) in [4.78, 5) is 4.18. The first-order valence-corrected chi connectivity index (χ1v) is 10.6. The molecule has 1 aromatic carbocycles. The van der Waals surface area contributed by atoms with Gasteiger partial charge < -0.3 is 15.4 Å². The number of alkyl halides is 6. The zero-order valence-electron chi connectivity index (χ0n) is 18.5. The monoisotopic (exact) mass is 486 g/mol. The summed E-state index contributed by atoms with van der Waals surface area (Å²) in [6.07, 6.45) is -7.89. The van der Waals surface area contributed by atoms with Crippen molar-refractivity contribution in [1.29, 1.82) is 5.26 Å². The molecule has 0 saturated carbocycles. The molecule has 1 fully saturated rings. The molecule has 34 heavy (non-hydrogen) atoms. The molecule has 1 aromatic heterocycles. The summed E-state index contributed by atoms with van der Waals surface area (Å²) in [6.45, 7) is 3.91. The number of nitriles is 1. The molecule has 0 radical (unpaired) electrons. The van der Waals surface area contributed by atoms with Crippen molar-refractivity contribution < 1.29 is 31.1 Å². The fraction of sp³-hybridized carbons (Fsp3) is 0.478. The average molecular weight is 486 g/mol. The van der Waals surface area contributed by atoms with Gasteiger partial charge in [-0.2, -0.15) is 31.6 Å². The van der Waals surface area contributed by atoms with Crippen molar-refractivity contribution >= 4 is 5.82 Å². The number of hydrogen-bond acceptors (Lipinski definition) is 5. The number of piperidine rings is 1.